The predicted molar refractivity (Wildman–Crippen MR) is 85.7 cm³/mol. The lowest BCUT2D eigenvalue weighted by Crippen LogP contribution is -2.31. The summed E-state index contributed by atoms with van der Waals surface area (Å²) in [5.74, 6) is -2.75. The fraction of sp³-hybridized carbons (Fsp3) is 0.889. The number of ketones is 1. The Labute approximate surface area is 149 Å². The molecule has 0 spiro atoms. The van der Waals surface area contributed by atoms with E-state index in [1.807, 2.05) is 0 Å². The van der Waals surface area contributed by atoms with Gasteiger partial charge in [-0.15, -0.1) is 20.6 Å². The van der Waals surface area contributed by atoms with Crippen molar-refractivity contribution in [2.45, 2.75) is 11.0 Å². The summed E-state index contributed by atoms with van der Waals surface area (Å²) < 4.78 is 126. The molecule has 0 aromatic heterocycles. The van der Waals surface area contributed by atoms with Crippen molar-refractivity contribution in [2.75, 3.05) is 36.5 Å². The Morgan fingerprint density at radius 1 is 0.692 bits per heavy atom. The normalized spacial score (nSPS) is 16.4. The van der Waals surface area contributed by atoms with E-state index in [1.54, 1.807) is 0 Å². The van der Waals surface area contributed by atoms with Gasteiger partial charge in [0.1, 0.15) is 0 Å². The van der Waals surface area contributed by atoms with Crippen molar-refractivity contribution in [1.82, 2.24) is 0 Å². The van der Waals surface area contributed by atoms with Gasteiger partial charge in [0.25, 0.3) is 0 Å². The van der Waals surface area contributed by atoms with Gasteiger partial charge in [-0.25, -0.2) is 7.26 Å². The number of alkyl halides is 6. The molecule has 0 radical (unpaired) electrons. The zero-order valence-electron chi connectivity index (χ0n) is 13.7. The van der Waals surface area contributed by atoms with Crippen LogP contribution in [0.1, 0.15) is 0 Å². The van der Waals surface area contributed by atoms with Gasteiger partial charge in [0.15, 0.2) is 5.78 Å². The molecule has 0 aromatic carbocycles. The molecule has 0 heterocycles. The van der Waals surface area contributed by atoms with E-state index >= 15 is 0 Å². The van der Waals surface area contributed by atoms with Gasteiger partial charge in [-0.05, 0) is 25.0 Å². The van der Waals surface area contributed by atoms with Crippen LogP contribution in [-0.4, -0.2) is 70.2 Å². The van der Waals surface area contributed by atoms with Gasteiger partial charge in [0.05, 0.1) is 11.5 Å². The summed E-state index contributed by atoms with van der Waals surface area (Å²) in [6.45, 7) is 0. The highest BCUT2D eigenvalue weighted by atomic mass is 32.3. The quantitative estimate of drug-likeness (QED) is 0.389. The molecule has 0 amide bonds. The molecule has 0 fully saturated rings. The largest absolute Gasteiger partial charge is 0.523 e. The first kappa shape index (κ1) is 25.8. The fourth-order valence-electron chi connectivity index (χ4n) is 1.43. The monoisotopic (exact) mass is 478 g/mol. The van der Waals surface area contributed by atoms with Crippen LogP contribution in [0.3, 0.4) is 0 Å². The second-order valence-electron chi connectivity index (χ2n) is 5.64. The van der Waals surface area contributed by atoms with E-state index in [9.17, 15) is 48.0 Å². The highest BCUT2D eigenvalue weighted by Crippen LogP contribution is 2.49. The summed E-state index contributed by atoms with van der Waals surface area (Å²) in [6.07, 6.45) is 3.68. The zero-order valence-corrected chi connectivity index (χ0v) is 16.9. The maximum absolute atomic E-state index is 12.3. The van der Waals surface area contributed by atoms with Gasteiger partial charge in [0, 0.05) is 0 Å². The Morgan fingerprint density at radius 3 is 1.12 bits per heavy atom. The van der Waals surface area contributed by atoms with E-state index in [1.165, 1.54) is 0 Å². The Bertz CT molecular complexity index is 674. The summed E-state index contributed by atoms with van der Waals surface area (Å²) in [5.41, 5.74) is -11.4. The number of Topliss-reactive ketones (excluding diaryl/α,β-unsaturated/α-hetero) is 1. The molecule has 7 nitrogen and oxygen atoms in total. The third kappa shape index (κ3) is 7.79. The molecule has 17 heteroatoms. The standard InChI is InChI=1S/C9H16F6O7S4/c1-23(2,21-25(17,18)8(10,11)12)5-7(16)6-24(3,4)22-26(19,20)9(13,14)15/h5-6H2,1-4H3. The zero-order chi connectivity index (χ0) is 21.4. The third-order valence-corrected chi connectivity index (χ3v) is 9.68. The van der Waals surface area contributed by atoms with Crippen molar-refractivity contribution >= 4 is 46.6 Å². The lowest BCUT2D eigenvalue weighted by Gasteiger charge is -2.33. The van der Waals surface area contributed by atoms with Crippen molar-refractivity contribution < 1.29 is 55.2 Å². The van der Waals surface area contributed by atoms with Crippen LogP contribution in [0.5, 0.6) is 0 Å². The Kier molecular flexibility index (Phi) is 7.58. The predicted octanol–water partition coefficient (Wildman–Crippen LogP) is 2.25. The number of halogens is 6. The van der Waals surface area contributed by atoms with Crippen LogP contribution < -0.4 is 0 Å². The minimum Gasteiger partial charge on any atom is -0.298 e. The van der Waals surface area contributed by atoms with Crippen molar-refractivity contribution in [1.29, 1.82) is 0 Å². The fourth-order valence-corrected chi connectivity index (χ4v) is 8.19. The maximum atomic E-state index is 12.3. The van der Waals surface area contributed by atoms with E-state index in [0.717, 1.165) is 25.0 Å². The minimum absolute atomic E-state index is 0.867. The van der Waals surface area contributed by atoms with Crippen LogP contribution in [0.15, 0.2) is 0 Å². The van der Waals surface area contributed by atoms with E-state index in [2.05, 4.69) is 7.26 Å². The third-order valence-electron chi connectivity index (χ3n) is 2.13. The number of hydrogen-bond donors (Lipinski definition) is 0. The van der Waals surface area contributed by atoms with Crippen LogP contribution in [-0.2, 0) is 32.3 Å². The average molecular weight is 478 g/mol. The molecule has 0 saturated carbocycles. The molecule has 0 atom stereocenters. The molecule has 0 aliphatic heterocycles. The summed E-state index contributed by atoms with van der Waals surface area (Å²) in [6, 6.07) is 0. The Hall–Kier alpha value is -0.230. The molecule has 0 N–H and O–H groups in total. The first-order valence-electron chi connectivity index (χ1n) is 6.00. The molecule has 26 heavy (non-hydrogen) atoms. The molecule has 0 saturated heterocycles. The SMILES string of the molecule is CS(C)(CC(=O)CS(C)(C)OS(=O)(=O)C(F)(F)F)OS(=O)(=O)C(F)(F)F. The van der Waals surface area contributed by atoms with E-state index in [4.69, 9.17) is 0 Å². The van der Waals surface area contributed by atoms with Gasteiger partial charge in [-0.3, -0.25) is 4.79 Å². The number of carbonyl (C=O) groups excluding carboxylic acids is 1. The molecule has 0 aliphatic rings. The van der Waals surface area contributed by atoms with Crippen LogP contribution in [0.25, 0.3) is 0 Å². The van der Waals surface area contributed by atoms with Crippen molar-refractivity contribution in [2.24, 2.45) is 0 Å². The first-order valence-corrected chi connectivity index (χ1v) is 13.9. The highest BCUT2D eigenvalue weighted by molar-refractivity contribution is 8.33. The van der Waals surface area contributed by atoms with Crippen LogP contribution in [0, 0.1) is 0 Å². The average Bonchev–Trinajstić information content (AvgIpc) is 2.18. The number of rotatable bonds is 8. The Morgan fingerprint density at radius 2 is 0.923 bits per heavy atom. The topological polar surface area (TPSA) is 104 Å². The van der Waals surface area contributed by atoms with Gasteiger partial charge >= 0.3 is 31.3 Å². The molecular formula is C9H16F6O7S4. The molecule has 0 rings (SSSR count). The summed E-state index contributed by atoms with van der Waals surface area (Å²) in [5, 5.41) is 0. The van der Waals surface area contributed by atoms with Crippen molar-refractivity contribution in [3.05, 3.63) is 0 Å². The van der Waals surface area contributed by atoms with Gasteiger partial charge in [-0.2, -0.15) is 43.2 Å². The lowest BCUT2D eigenvalue weighted by atomic mass is 10.5. The molecule has 0 aliphatic carbocycles. The number of hydrogen-bond acceptors (Lipinski definition) is 7. The minimum atomic E-state index is -5.98. The number of carbonyl (C=O) groups is 1. The molecule has 160 valence electrons. The smallest absolute Gasteiger partial charge is 0.298 e. The summed E-state index contributed by atoms with van der Waals surface area (Å²) >= 11 is 0. The maximum Gasteiger partial charge on any atom is 0.523 e. The van der Waals surface area contributed by atoms with Crippen molar-refractivity contribution in [3.63, 3.8) is 0 Å². The molecular weight excluding hydrogens is 462 g/mol. The second kappa shape index (κ2) is 7.65. The summed E-state index contributed by atoms with van der Waals surface area (Å²) in [7, 11) is -18.2. The van der Waals surface area contributed by atoms with Gasteiger partial charge < -0.3 is 0 Å². The van der Waals surface area contributed by atoms with E-state index in [0.29, 0.717) is 0 Å². The molecule has 0 aromatic rings. The van der Waals surface area contributed by atoms with Crippen LogP contribution >= 0.6 is 20.6 Å². The lowest BCUT2D eigenvalue weighted by molar-refractivity contribution is -0.114. The van der Waals surface area contributed by atoms with Crippen LogP contribution in [0.2, 0.25) is 0 Å². The van der Waals surface area contributed by atoms with Crippen molar-refractivity contribution in [3.8, 4) is 0 Å². The van der Waals surface area contributed by atoms with E-state index in [-0.39, 0.29) is 0 Å². The van der Waals surface area contributed by atoms with E-state index < -0.39 is 69.2 Å². The van der Waals surface area contributed by atoms with Crippen LogP contribution in [0.4, 0.5) is 26.3 Å². The van der Waals surface area contributed by atoms with Gasteiger partial charge in [0.2, 0.25) is 0 Å². The molecule has 0 bridgehead atoms. The second-order valence-corrected chi connectivity index (χ2v) is 15.8. The Balaban J connectivity index is 5.14. The highest BCUT2D eigenvalue weighted by Gasteiger charge is 2.51. The first-order chi connectivity index (χ1) is 11.0. The summed E-state index contributed by atoms with van der Waals surface area (Å²) in [4.78, 5) is 11.9. The molecule has 0 unspecified atom stereocenters. The van der Waals surface area contributed by atoms with Gasteiger partial charge in [-0.1, -0.05) is 0 Å².